The third-order valence-corrected chi connectivity index (χ3v) is 6.08. The van der Waals surface area contributed by atoms with Crippen molar-refractivity contribution >= 4 is 57.1 Å². The maximum Gasteiger partial charge on any atom is 0.240 e. The second-order valence-corrected chi connectivity index (χ2v) is 8.52. The maximum atomic E-state index is 12.3. The molecular weight excluding hydrogens is 557 g/mol. The van der Waals surface area contributed by atoms with E-state index < -0.39 is 10.0 Å². The number of ether oxygens (including phenoxy) is 3. The number of aliphatic imine (C=N–C) groups is 1. The van der Waals surface area contributed by atoms with Crippen LogP contribution >= 0.6 is 35.6 Å². The minimum Gasteiger partial charge on any atom is -0.493 e. The van der Waals surface area contributed by atoms with Gasteiger partial charge in [0.15, 0.2) is 11.5 Å². The van der Waals surface area contributed by atoms with Crippen LogP contribution < -0.4 is 18.9 Å². The van der Waals surface area contributed by atoms with E-state index in [0.29, 0.717) is 40.3 Å². The molecule has 0 aliphatic heterocycles. The number of amidine groups is 1. The highest BCUT2D eigenvalue weighted by molar-refractivity contribution is 14.0. The Morgan fingerprint density at radius 1 is 1.06 bits per heavy atom. The van der Waals surface area contributed by atoms with Crippen molar-refractivity contribution in [1.82, 2.24) is 9.62 Å². The number of rotatable bonds is 9. The zero-order valence-electron chi connectivity index (χ0n) is 18.0. The van der Waals surface area contributed by atoms with Gasteiger partial charge < -0.3 is 19.1 Å². The number of sulfonamides is 1. The fourth-order valence-corrected chi connectivity index (χ4v) is 3.76. The minimum absolute atomic E-state index is 0. The van der Waals surface area contributed by atoms with Gasteiger partial charge in [0, 0.05) is 37.3 Å². The quantitative estimate of drug-likeness (QED) is 0.273. The minimum atomic E-state index is -3.61. The zero-order chi connectivity index (χ0) is 22.3. The summed E-state index contributed by atoms with van der Waals surface area (Å²) in [5.74, 6) is 2.18. The number of likely N-dealkylation sites (N-methyl/N-ethyl adjacent to an activating group) is 1. The Bertz CT molecular complexity index is 975. The maximum absolute atomic E-state index is 12.3. The summed E-state index contributed by atoms with van der Waals surface area (Å²) < 4.78 is 43.3. The summed E-state index contributed by atoms with van der Waals surface area (Å²) in [7, 11) is 2.83. The molecule has 2 rings (SSSR count). The second-order valence-electron chi connectivity index (χ2n) is 6.32. The molecule has 0 atom stereocenters. The molecule has 0 spiro atoms. The standard InChI is InChI=1S/C20H26ClN3O5S.HI/c1-14(23-16-12-18(27-3)20(29-5)19(13-16)28-4)24(2)11-10-22-30(25,26)17-8-6-15(21)7-9-17;/h6-9,12-13,22H,10-11H2,1-5H3;1H. The third kappa shape index (κ3) is 7.41. The molecule has 0 unspecified atom stereocenters. The Morgan fingerprint density at radius 3 is 2.10 bits per heavy atom. The lowest BCUT2D eigenvalue weighted by molar-refractivity contribution is 0.324. The van der Waals surface area contributed by atoms with Gasteiger partial charge in [-0.15, -0.1) is 24.0 Å². The molecule has 31 heavy (non-hydrogen) atoms. The first-order valence-electron chi connectivity index (χ1n) is 9.03. The van der Waals surface area contributed by atoms with Crippen molar-refractivity contribution in [2.24, 2.45) is 4.99 Å². The van der Waals surface area contributed by atoms with E-state index >= 15 is 0 Å². The molecule has 1 N–H and O–H groups in total. The van der Waals surface area contributed by atoms with E-state index in [1.54, 1.807) is 12.1 Å². The van der Waals surface area contributed by atoms with E-state index in [1.807, 2.05) is 18.9 Å². The molecule has 0 radical (unpaired) electrons. The van der Waals surface area contributed by atoms with E-state index in [1.165, 1.54) is 45.6 Å². The van der Waals surface area contributed by atoms with Crippen LogP contribution in [0.15, 0.2) is 46.3 Å². The Balaban J connectivity index is 0.00000480. The van der Waals surface area contributed by atoms with Crippen LogP contribution in [0.2, 0.25) is 5.02 Å². The van der Waals surface area contributed by atoms with Gasteiger partial charge in [0.1, 0.15) is 5.84 Å². The van der Waals surface area contributed by atoms with E-state index in [4.69, 9.17) is 25.8 Å². The van der Waals surface area contributed by atoms with Crippen LogP contribution in [0.25, 0.3) is 0 Å². The van der Waals surface area contributed by atoms with Crippen LogP contribution in [0.4, 0.5) is 5.69 Å². The average molecular weight is 584 g/mol. The van der Waals surface area contributed by atoms with Crippen LogP contribution in [0.5, 0.6) is 17.2 Å². The molecule has 0 bridgehead atoms. The highest BCUT2D eigenvalue weighted by Crippen LogP contribution is 2.40. The fraction of sp³-hybridized carbons (Fsp3) is 0.350. The van der Waals surface area contributed by atoms with E-state index in [2.05, 4.69) is 9.71 Å². The summed E-state index contributed by atoms with van der Waals surface area (Å²) in [5, 5.41) is 0.479. The fourth-order valence-electron chi connectivity index (χ4n) is 2.61. The van der Waals surface area contributed by atoms with Crippen LogP contribution in [0.3, 0.4) is 0 Å². The molecule has 0 fully saturated rings. The highest BCUT2D eigenvalue weighted by atomic mass is 127. The third-order valence-electron chi connectivity index (χ3n) is 4.36. The van der Waals surface area contributed by atoms with Gasteiger partial charge in [-0.05, 0) is 31.2 Å². The van der Waals surface area contributed by atoms with Gasteiger partial charge in [-0.3, -0.25) is 0 Å². The van der Waals surface area contributed by atoms with Crippen molar-refractivity contribution in [3.8, 4) is 17.2 Å². The number of nitrogens with one attached hydrogen (secondary N) is 1. The molecule has 2 aromatic rings. The first-order valence-corrected chi connectivity index (χ1v) is 10.9. The Morgan fingerprint density at radius 2 is 1.61 bits per heavy atom. The highest BCUT2D eigenvalue weighted by Gasteiger charge is 2.15. The molecule has 0 saturated carbocycles. The van der Waals surface area contributed by atoms with E-state index in [-0.39, 0.29) is 35.4 Å². The zero-order valence-corrected chi connectivity index (χ0v) is 21.9. The number of methoxy groups -OCH3 is 3. The first-order chi connectivity index (χ1) is 14.2. The molecule has 0 saturated heterocycles. The summed E-state index contributed by atoms with van der Waals surface area (Å²) in [5.41, 5.74) is 0.621. The number of hydrogen-bond donors (Lipinski definition) is 1. The van der Waals surface area contributed by atoms with Gasteiger partial charge in [-0.25, -0.2) is 18.1 Å². The Kier molecular flexibility index (Phi) is 10.8. The summed E-state index contributed by atoms with van der Waals surface area (Å²) in [6.45, 7) is 2.47. The van der Waals surface area contributed by atoms with Gasteiger partial charge in [-0.1, -0.05) is 11.6 Å². The monoisotopic (exact) mass is 583 g/mol. The molecule has 172 valence electrons. The lowest BCUT2D eigenvalue weighted by Crippen LogP contribution is -2.35. The molecule has 0 aliphatic rings. The summed E-state index contributed by atoms with van der Waals surface area (Å²) in [6, 6.07) is 9.48. The topological polar surface area (TPSA) is 89.5 Å². The molecule has 0 aromatic heterocycles. The molecule has 11 heteroatoms. The van der Waals surface area contributed by atoms with E-state index in [9.17, 15) is 8.42 Å². The van der Waals surface area contributed by atoms with Crippen molar-refractivity contribution in [2.45, 2.75) is 11.8 Å². The van der Waals surface area contributed by atoms with Crippen molar-refractivity contribution in [3.63, 3.8) is 0 Å². The van der Waals surface area contributed by atoms with Crippen molar-refractivity contribution < 1.29 is 22.6 Å². The lowest BCUT2D eigenvalue weighted by Gasteiger charge is -2.19. The normalized spacial score (nSPS) is 11.5. The molecule has 0 amide bonds. The van der Waals surface area contributed by atoms with Crippen LogP contribution in [-0.4, -0.2) is 60.6 Å². The Hall–Kier alpha value is -1.76. The number of nitrogens with zero attached hydrogens (tertiary/aromatic N) is 2. The summed E-state index contributed by atoms with van der Waals surface area (Å²) in [4.78, 5) is 6.57. The molecule has 8 nitrogen and oxygen atoms in total. The van der Waals surface area contributed by atoms with Crippen LogP contribution in [-0.2, 0) is 10.0 Å². The van der Waals surface area contributed by atoms with Gasteiger partial charge >= 0.3 is 0 Å². The lowest BCUT2D eigenvalue weighted by atomic mass is 10.2. The van der Waals surface area contributed by atoms with Gasteiger partial charge in [0.25, 0.3) is 0 Å². The average Bonchev–Trinajstić information content (AvgIpc) is 2.72. The van der Waals surface area contributed by atoms with Gasteiger partial charge in [0.2, 0.25) is 15.8 Å². The van der Waals surface area contributed by atoms with Crippen molar-refractivity contribution in [1.29, 1.82) is 0 Å². The predicted octanol–water partition coefficient (Wildman–Crippen LogP) is 3.94. The molecular formula is C20H27ClIN3O5S. The molecule has 2 aromatic carbocycles. The van der Waals surface area contributed by atoms with Gasteiger partial charge in [0.05, 0.1) is 31.9 Å². The van der Waals surface area contributed by atoms with E-state index in [0.717, 1.165) is 0 Å². The van der Waals surface area contributed by atoms with Gasteiger partial charge in [-0.2, -0.15) is 0 Å². The largest absolute Gasteiger partial charge is 0.493 e. The smallest absolute Gasteiger partial charge is 0.240 e. The van der Waals surface area contributed by atoms with Crippen molar-refractivity contribution in [2.75, 3.05) is 41.5 Å². The molecule has 0 aliphatic carbocycles. The van der Waals surface area contributed by atoms with Crippen molar-refractivity contribution in [3.05, 3.63) is 41.4 Å². The number of benzene rings is 2. The second kappa shape index (κ2) is 12.3. The SMILES string of the molecule is COc1cc(N=C(C)N(C)CCNS(=O)(=O)c2ccc(Cl)cc2)cc(OC)c1OC.I. The summed E-state index contributed by atoms with van der Waals surface area (Å²) in [6.07, 6.45) is 0. The number of halogens is 2. The Labute approximate surface area is 205 Å². The van der Waals surface area contributed by atoms with Crippen LogP contribution in [0, 0.1) is 0 Å². The first kappa shape index (κ1) is 27.3. The summed E-state index contributed by atoms with van der Waals surface area (Å²) >= 11 is 5.81. The molecule has 0 heterocycles. The number of hydrogen-bond acceptors (Lipinski definition) is 6. The predicted molar refractivity (Wildman–Crippen MR) is 134 cm³/mol. The van der Waals surface area contributed by atoms with Crippen LogP contribution in [0.1, 0.15) is 6.92 Å².